The highest BCUT2D eigenvalue weighted by Gasteiger charge is 2.22. The van der Waals surface area contributed by atoms with Gasteiger partial charge in [0.25, 0.3) is 0 Å². The molecule has 0 bridgehead atoms. The van der Waals surface area contributed by atoms with Crippen molar-refractivity contribution in [2.75, 3.05) is 4.90 Å². The number of fused-ring (bicyclic) bond motifs is 1. The van der Waals surface area contributed by atoms with E-state index in [-0.39, 0.29) is 5.91 Å². The first-order valence-electron chi connectivity index (χ1n) is 9.64. The minimum absolute atomic E-state index is 0.0271. The molecule has 1 amide bonds. The van der Waals surface area contributed by atoms with Gasteiger partial charge in [0.2, 0.25) is 5.91 Å². The van der Waals surface area contributed by atoms with E-state index in [1.54, 1.807) is 22.4 Å². The first kappa shape index (κ1) is 19.3. The fourth-order valence-electron chi connectivity index (χ4n) is 3.41. The predicted octanol–water partition coefficient (Wildman–Crippen LogP) is 5.39. The minimum Gasteiger partial charge on any atom is -0.282 e. The van der Waals surface area contributed by atoms with Gasteiger partial charge in [0.15, 0.2) is 5.13 Å². The molecule has 0 saturated heterocycles. The van der Waals surface area contributed by atoms with Crippen LogP contribution in [0.3, 0.4) is 0 Å². The maximum Gasteiger partial charge on any atom is 0.233 e. The van der Waals surface area contributed by atoms with E-state index in [2.05, 4.69) is 37.0 Å². The van der Waals surface area contributed by atoms with E-state index in [1.165, 1.54) is 5.56 Å². The lowest BCUT2D eigenvalue weighted by Crippen LogP contribution is -2.32. The zero-order valence-corrected chi connectivity index (χ0v) is 17.7. The van der Waals surface area contributed by atoms with Crippen LogP contribution >= 0.6 is 11.3 Å². The Morgan fingerprint density at radius 2 is 1.86 bits per heavy atom. The summed E-state index contributed by atoms with van der Waals surface area (Å²) in [5.41, 5.74) is 6.30. The molecule has 0 unspecified atom stereocenters. The zero-order valence-electron chi connectivity index (χ0n) is 16.8. The molecule has 29 heavy (non-hydrogen) atoms. The van der Waals surface area contributed by atoms with Gasteiger partial charge < -0.3 is 0 Å². The summed E-state index contributed by atoms with van der Waals surface area (Å²) < 4.78 is 1.09. The summed E-state index contributed by atoms with van der Waals surface area (Å²) >= 11 is 1.55. The van der Waals surface area contributed by atoms with Gasteiger partial charge in [-0.25, -0.2) is 4.98 Å². The van der Waals surface area contributed by atoms with E-state index in [9.17, 15) is 4.79 Å². The highest BCUT2D eigenvalue weighted by molar-refractivity contribution is 7.22. The number of aromatic nitrogens is 2. The molecule has 2 aromatic heterocycles. The topological polar surface area (TPSA) is 46.1 Å². The van der Waals surface area contributed by atoms with Crippen LogP contribution in [0.4, 0.5) is 5.13 Å². The quantitative estimate of drug-likeness (QED) is 0.450. The number of para-hydroxylation sites is 1. The smallest absolute Gasteiger partial charge is 0.233 e. The van der Waals surface area contributed by atoms with Crippen molar-refractivity contribution in [3.8, 4) is 0 Å². The standard InChI is InChI=1S/C24H23N3OS/c1-16-10-11-19(18(3)13-16)14-22(28)27(15-20-8-4-5-12-25-20)24-26-23-17(2)7-6-9-21(23)29-24/h4-13H,14-15H2,1-3H3. The molecule has 0 aliphatic carbocycles. The van der Waals surface area contributed by atoms with Crippen LogP contribution in [0.25, 0.3) is 10.2 Å². The monoisotopic (exact) mass is 401 g/mol. The Kier molecular flexibility index (Phi) is 5.41. The normalized spacial score (nSPS) is 11.0. The summed E-state index contributed by atoms with van der Waals surface area (Å²) in [5, 5.41) is 0.717. The van der Waals surface area contributed by atoms with Crippen LogP contribution in [0.2, 0.25) is 0 Å². The zero-order chi connectivity index (χ0) is 20.4. The Morgan fingerprint density at radius 3 is 2.59 bits per heavy atom. The molecule has 5 heteroatoms. The van der Waals surface area contributed by atoms with E-state index >= 15 is 0 Å². The van der Waals surface area contributed by atoms with Crippen molar-refractivity contribution in [3.05, 3.63) is 88.7 Å². The number of amides is 1. The van der Waals surface area contributed by atoms with Gasteiger partial charge in [0.1, 0.15) is 0 Å². The highest BCUT2D eigenvalue weighted by atomic mass is 32.1. The molecular weight excluding hydrogens is 378 g/mol. The number of thiazole rings is 1. The fourth-order valence-corrected chi connectivity index (χ4v) is 4.47. The van der Waals surface area contributed by atoms with Crippen molar-refractivity contribution in [3.63, 3.8) is 0 Å². The number of aryl methyl sites for hydroxylation is 3. The lowest BCUT2D eigenvalue weighted by molar-refractivity contribution is -0.118. The van der Waals surface area contributed by atoms with E-state index in [1.807, 2.05) is 43.3 Å². The van der Waals surface area contributed by atoms with Gasteiger partial charge in [-0.1, -0.05) is 53.3 Å². The second-order valence-corrected chi connectivity index (χ2v) is 8.33. The van der Waals surface area contributed by atoms with Crippen molar-refractivity contribution in [1.82, 2.24) is 9.97 Å². The van der Waals surface area contributed by atoms with Crippen molar-refractivity contribution in [1.29, 1.82) is 0 Å². The molecule has 2 aromatic carbocycles. The molecule has 4 rings (SSSR count). The molecular formula is C24H23N3OS. The van der Waals surface area contributed by atoms with Crippen LogP contribution in [0.5, 0.6) is 0 Å². The predicted molar refractivity (Wildman–Crippen MR) is 119 cm³/mol. The minimum atomic E-state index is 0.0271. The van der Waals surface area contributed by atoms with Crippen molar-refractivity contribution in [2.45, 2.75) is 33.7 Å². The molecule has 4 aromatic rings. The Bertz CT molecular complexity index is 1170. The Morgan fingerprint density at radius 1 is 1.00 bits per heavy atom. The molecule has 0 atom stereocenters. The van der Waals surface area contributed by atoms with Crippen molar-refractivity contribution in [2.24, 2.45) is 0 Å². The molecule has 146 valence electrons. The number of nitrogens with zero attached hydrogens (tertiary/aromatic N) is 3. The van der Waals surface area contributed by atoms with E-state index in [0.29, 0.717) is 13.0 Å². The summed E-state index contributed by atoms with van der Waals surface area (Å²) in [6.07, 6.45) is 2.10. The summed E-state index contributed by atoms with van der Waals surface area (Å²) in [4.78, 5) is 24.4. The maximum absolute atomic E-state index is 13.4. The number of anilines is 1. The second kappa shape index (κ2) is 8.13. The Labute approximate surface area is 174 Å². The number of hydrogen-bond acceptors (Lipinski definition) is 4. The Balaban J connectivity index is 1.70. The van der Waals surface area contributed by atoms with Gasteiger partial charge in [-0.05, 0) is 55.7 Å². The molecule has 0 aliphatic rings. The Hall–Kier alpha value is -3.05. The third-order valence-electron chi connectivity index (χ3n) is 5.03. The van der Waals surface area contributed by atoms with Gasteiger partial charge in [-0.3, -0.25) is 14.7 Å². The van der Waals surface area contributed by atoms with Crippen LogP contribution in [0.15, 0.2) is 60.8 Å². The van der Waals surface area contributed by atoms with Gasteiger partial charge in [-0.15, -0.1) is 0 Å². The van der Waals surface area contributed by atoms with Crippen LogP contribution in [-0.2, 0) is 17.8 Å². The number of carbonyl (C=O) groups is 1. The first-order chi connectivity index (χ1) is 14.0. The van der Waals surface area contributed by atoms with Crippen LogP contribution in [-0.4, -0.2) is 15.9 Å². The lowest BCUT2D eigenvalue weighted by Gasteiger charge is -2.20. The number of hydrogen-bond donors (Lipinski definition) is 0. The summed E-state index contributed by atoms with van der Waals surface area (Å²) in [6, 6.07) is 18.1. The van der Waals surface area contributed by atoms with Crippen LogP contribution in [0.1, 0.15) is 27.9 Å². The maximum atomic E-state index is 13.4. The van der Waals surface area contributed by atoms with Gasteiger partial charge in [0, 0.05) is 6.20 Å². The van der Waals surface area contributed by atoms with Gasteiger partial charge >= 0.3 is 0 Å². The number of benzene rings is 2. The van der Waals surface area contributed by atoms with E-state index in [0.717, 1.165) is 37.7 Å². The summed E-state index contributed by atoms with van der Waals surface area (Å²) in [6.45, 7) is 6.57. The summed E-state index contributed by atoms with van der Waals surface area (Å²) in [7, 11) is 0. The van der Waals surface area contributed by atoms with Crippen molar-refractivity contribution >= 4 is 32.6 Å². The highest BCUT2D eigenvalue weighted by Crippen LogP contribution is 2.31. The largest absolute Gasteiger partial charge is 0.282 e. The first-order valence-corrected chi connectivity index (χ1v) is 10.5. The third kappa shape index (κ3) is 4.20. The van der Waals surface area contributed by atoms with Crippen LogP contribution < -0.4 is 4.90 Å². The molecule has 0 N–H and O–H groups in total. The van der Waals surface area contributed by atoms with Gasteiger partial charge in [0.05, 0.1) is 28.9 Å². The molecule has 0 fully saturated rings. The average molecular weight is 402 g/mol. The molecule has 0 spiro atoms. The number of rotatable bonds is 5. The van der Waals surface area contributed by atoms with Gasteiger partial charge in [-0.2, -0.15) is 0 Å². The van der Waals surface area contributed by atoms with Crippen LogP contribution in [0, 0.1) is 20.8 Å². The average Bonchev–Trinajstić information content (AvgIpc) is 3.14. The number of pyridine rings is 1. The fraction of sp³-hybridized carbons (Fsp3) is 0.208. The molecule has 4 nitrogen and oxygen atoms in total. The molecule has 0 aliphatic heterocycles. The SMILES string of the molecule is Cc1ccc(CC(=O)N(Cc2ccccn2)c2nc3c(C)cccc3s2)c(C)c1. The lowest BCUT2D eigenvalue weighted by atomic mass is 10.0. The summed E-state index contributed by atoms with van der Waals surface area (Å²) in [5.74, 6) is 0.0271. The van der Waals surface area contributed by atoms with Crippen molar-refractivity contribution < 1.29 is 4.79 Å². The third-order valence-corrected chi connectivity index (χ3v) is 6.07. The second-order valence-electron chi connectivity index (χ2n) is 7.33. The number of carbonyl (C=O) groups excluding carboxylic acids is 1. The molecule has 0 radical (unpaired) electrons. The molecule has 0 saturated carbocycles. The van der Waals surface area contributed by atoms with E-state index < -0.39 is 0 Å². The molecule has 2 heterocycles. The van der Waals surface area contributed by atoms with E-state index in [4.69, 9.17) is 4.98 Å².